The Bertz CT molecular complexity index is 706. The van der Waals surface area contributed by atoms with Crippen LogP contribution in [0.15, 0.2) is 23.4 Å². The Kier molecular flexibility index (Phi) is 5.52. The molecule has 0 atom stereocenters. The Morgan fingerprint density at radius 2 is 2.25 bits per heavy atom. The van der Waals surface area contributed by atoms with E-state index in [1.54, 1.807) is 4.68 Å². The smallest absolute Gasteiger partial charge is 0.231 e. The first kappa shape index (κ1) is 16.6. The van der Waals surface area contributed by atoms with E-state index >= 15 is 0 Å². The van der Waals surface area contributed by atoms with Crippen LogP contribution in [0.1, 0.15) is 25.3 Å². The van der Waals surface area contributed by atoms with Crippen molar-refractivity contribution in [2.24, 2.45) is 0 Å². The standard InChI is InChI=1S/C15H19N5O3S/c1-2-3-6-20-15(17-18-19-20)24-9-14(21)16-8-11-4-5-12-13(7-11)23-10-22-12/h4-5,7H,2-3,6,8-10H2,1H3,(H,16,21). The zero-order valence-corrected chi connectivity index (χ0v) is 14.2. The average Bonchev–Trinajstić information content (AvgIpc) is 3.24. The molecule has 0 bridgehead atoms. The minimum absolute atomic E-state index is 0.0669. The van der Waals surface area contributed by atoms with Gasteiger partial charge < -0.3 is 14.8 Å². The van der Waals surface area contributed by atoms with E-state index < -0.39 is 0 Å². The van der Waals surface area contributed by atoms with Crippen LogP contribution in [0.2, 0.25) is 0 Å². The van der Waals surface area contributed by atoms with Crippen molar-refractivity contribution >= 4 is 17.7 Å². The second kappa shape index (κ2) is 8.00. The molecular weight excluding hydrogens is 330 g/mol. The van der Waals surface area contributed by atoms with Crippen LogP contribution in [-0.2, 0) is 17.9 Å². The lowest BCUT2D eigenvalue weighted by molar-refractivity contribution is -0.118. The molecule has 1 aliphatic heterocycles. The molecule has 0 saturated carbocycles. The molecule has 0 unspecified atom stereocenters. The highest BCUT2D eigenvalue weighted by Gasteiger charge is 2.14. The van der Waals surface area contributed by atoms with E-state index in [1.165, 1.54) is 11.8 Å². The summed E-state index contributed by atoms with van der Waals surface area (Å²) in [6, 6.07) is 5.63. The molecule has 2 heterocycles. The van der Waals surface area contributed by atoms with Gasteiger partial charge in [-0.05, 0) is 34.5 Å². The number of aromatic nitrogens is 4. The van der Waals surface area contributed by atoms with Crippen LogP contribution in [0, 0.1) is 0 Å². The van der Waals surface area contributed by atoms with Gasteiger partial charge in [0.05, 0.1) is 5.75 Å². The van der Waals surface area contributed by atoms with Crippen molar-refractivity contribution in [3.05, 3.63) is 23.8 Å². The molecule has 24 heavy (non-hydrogen) atoms. The SMILES string of the molecule is CCCCn1nnnc1SCC(=O)NCc1ccc2c(c1)OCO2. The first-order valence-corrected chi connectivity index (χ1v) is 8.79. The van der Waals surface area contributed by atoms with Crippen molar-refractivity contribution in [2.75, 3.05) is 12.5 Å². The number of rotatable bonds is 8. The highest BCUT2D eigenvalue weighted by Crippen LogP contribution is 2.32. The molecule has 0 fully saturated rings. The van der Waals surface area contributed by atoms with Gasteiger partial charge in [-0.1, -0.05) is 31.2 Å². The molecule has 128 valence electrons. The number of tetrazole rings is 1. The van der Waals surface area contributed by atoms with E-state index in [4.69, 9.17) is 9.47 Å². The van der Waals surface area contributed by atoms with Gasteiger partial charge in [0, 0.05) is 13.1 Å². The van der Waals surface area contributed by atoms with Crippen LogP contribution in [-0.4, -0.2) is 38.7 Å². The van der Waals surface area contributed by atoms with Crippen LogP contribution in [0.3, 0.4) is 0 Å². The summed E-state index contributed by atoms with van der Waals surface area (Å²) in [5, 5.41) is 15.1. The number of ether oxygens (including phenoxy) is 2. The van der Waals surface area contributed by atoms with Crippen LogP contribution >= 0.6 is 11.8 Å². The second-order valence-electron chi connectivity index (χ2n) is 5.29. The van der Waals surface area contributed by atoms with Crippen molar-refractivity contribution in [2.45, 2.75) is 38.0 Å². The van der Waals surface area contributed by atoms with E-state index in [0.717, 1.165) is 30.7 Å². The fourth-order valence-corrected chi connectivity index (χ4v) is 2.91. The third-order valence-corrected chi connectivity index (χ3v) is 4.44. The fraction of sp³-hybridized carbons (Fsp3) is 0.467. The van der Waals surface area contributed by atoms with Gasteiger partial charge in [-0.15, -0.1) is 5.10 Å². The fourth-order valence-electron chi connectivity index (χ4n) is 2.18. The Morgan fingerprint density at radius 3 is 3.12 bits per heavy atom. The summed E-state index contributed by atoms with van der Waals surface area (Å²) in [6.45, 7) is 3.57. The van der Waals surface area contributed by atoms with Crippen molar-refractivity contribution in [1.82, 2.24) is 25.5 Å². The number of unbranched alkanes of at least 4 members (excludes halogenated alkanes) is 1. The zero-order valence-electron chi connectivity index (χ0n) is 13.4. The summed E-state index contributed by atoms with van der Waals surface area (Å²) in [6.07, 6.45) is 2.08. The first-order chi connectivity index (χ1) is 11.8. The molecule has 1 aliphatic rings. The van der Waals surface area contributed by atoms with Crippen LogP contribution in [0.25, 0.3) is 0 Å². The number of nitrogens with zero attached hydrogens (tertiary/aromatic N) is 4. The number of carbonyl (C=O) groups is 1. The maximum atomic E-state index is 12.0. The molecule has 0 saturated heterocycles. The van der Waals surface area contributed by atoms with E-state index in [0.29, 0.717) is 17.5 Å². The lowest BCUT2D eigenvalue weighted by atomic mass is 10.2. The number of benzene rings is 1. The third-order valence-electron chi connectivity index (χ3n) is 3.48. The Morgan fingerprint density at radius 1 is 1.38 bits per heavy atom. The maximum Gasteiger partial charge on any atom is 0.231 e. The van der Waals surface area contributed by atoms with Gasteiger partial charge in [-0.25, -0.2) is 4.68 Å². The average molecular weight is 349 g/mol. The van der Waals surface area contributed by atoms with Gasteiger partial charge in [0.15, 0.2) is 11.5 Å². The molecule has 1 aromatic carbocycles. The second-order valence-corrected chi connectivity index (χ2v) is 6.23. The summed E-state index contributed by atoms with van der Waals surface area (Å²) >= 11 is 1.34. The monoisotopic (exact) mass is 349 g/mol. The largest absolute Gasteiger partial charge is 0.454 e. The summed E-state index contributed by atoms with van der Waals surface area (Å²) in [5.41, 5.74) is 0.963. The molecule has 0 radical (unpaired) electrons. The summed E-state index contributed by atoms with van der Waals surface area (Å²) in [7, 11) is 0. The number of thioether (sulfide) groups is 1. The number of carbonyl (C=O) groups excluding carboxylic acids is 1. The van der Waals surface area contributed by atoms with Gasteiger partial charge in [0.25, 0.3) is 0 Å². The normalized spacial score (nSPS) is 12.4. The van der Waals surface area contributed by atoms with Crippen molar-refractivity contribution in [3.8, 4) is 11.5 Å². The molecule has 9 heteroatoms. The summed E-state index contributed by atoms with van der Waals surface area (Å²) < 4.78 is 12.3. The van der Waals surface area contributed by atoms with Crippen molar-refractivity contribution in [3.63, 3.8) is 0 Å². The highest BCUT2D eigenvalue weighted by atomic mass is 32.2. The number of nitrogens with one attached hydrogen (secondary N) is 1. The Hall–Kier alpha value is -2.29. The van der Waals surface area contributed by atoms with Crippen LogP contribution in [0.4, 0.5) is 0 Å². The molecular formula is C15H19N5O3S. The van der Waals surface area contributed by atoms with Crippen molar-refractivity contribution < 1.29 is 14.3 Å². The van der Waals surface area contributed by atoms with E-state index in [2.05, 4.69) is 27.8 Å². The topological polar surface area (TPSA) is 91.2 Å². The first-order valence-electron chi connectivity index (χ1n) is 7.80. The molecule has 0 aliphatic carbocycles. The number of fused-ring (bicyclic) bond motifs is 1. The molecule has 8 nitrogen and oxygen atoms in total. The summed E-state index contributed by atoms with van der Waals surface area (Å²) in [4.78, 5) is 12.0. The molecule has 2 aromatic rings. The predicted molar refractivity (Wildman–Crippen MR) is 87.9 cm³/mol. The molecule has 1 aromatic heterocycles. The van der Waals surface area contributed by atoms with Gasteiger partial charge >= 0.3 is 0 Å². The summed E-state index contributed by atoms with van der Waals surface area (Å²) in [5.74, 6) is 1.66. The minimum Gasteiger partial charge on any atom is -0.454 e. The molecule has 1 amide bonds. The minimum atomic E-state index is -0.0669. The lowest BCUT2D eigenvalue weighted by Crippen LogP contribution is -2.24. The number of aryl methyl sites for hydroxylation is 1. The molecule has 3 rings (SSSR count). The number of amides is 1. The van der Waals surface area contributed by atoms with E-state index in [1.807, 2.05) is 18.2 Å². The van der Waals surface area contributed by atoms with Gasteiger partial charge in [-0.3, -0.25) is 4.79 Å². The zero-order chi connectivity index (χ0) is 16.8. The quantitative estimate of drug-likeness (QED) is 0.724. The Balaban J connectivity index is 1.45. The van der Waals surface area contributed by atoms with Crippen LogP contribution in [0.5, 0.6) is 11.5 Å². The number of hydrogen-bond acceptors (Lipinski definition) is 7. The predicted octanol–water partition coefficient (Wildman–Crippen LogP) is 1.61. The van der Waals surface area contributed by atoms with Gasteiger partial charge in [-0.2, -0.15) is 0 Å². The third kappa shape index (κ3) is 4.16. The van der Waals surface area contributed by atoms with Gasteiger partial charge in [0.2, 0.25) is 17.9 Å². The van der Waals surface area contributed by atoms with Crippen molar-refractivity contribution in [1.29, 1.82) is 0 Å². The van der Waals surface area contributed by atoms with E-state index in [-0.39, 0.29) is 18.5 Å². The lowest BCUT2D eigenvalue weighted by Gasteiger charge is -2.06. The van der Waals surface area contributed by atoms with Crippen LogP contribution < -0.4 is 14.8 Å². The number of hydrogen-bond donors (Lipinski definition) is 1. The highest BCUT2D eigenvalue weighted by molar-refractivity contribution is 7.99. The van der Waals surface area contributed by atoms with Gasteiger partial charge in [0.1, 0.15) is 0 Å². The molecule has 0 spiro atoms. The Labute approximate surface area is 143 Å². The maximum absolute atomic E-state index is 12.0. The van der Waals surface area contributed by atoms with E-state index in [9.17, 15) is 4.79 Å². The molecule has 1 N–H and O–H groups in total.